The summed E-state index contributed by atoms with van der Waals surface area (Å²) in [7, 11) is 0. The summed E-state index contributed by atoms with van der Waals surface area (Å²) in [6.45, 7) is -0.347. The van der Waals surface area contributed by atoms with E-state index < -0.39 is 9.89 Å². The van der Waals surface area contributed by atoms with Gasteiger partial charge in [0.2, 0.25) is 3.79 Å². The Balaban J connectivity index is 1.95. The molecule has 0 bridgehead atoms. The smallest absolute Gasteiger partial charge is 0.426 e. The van der Waals surface area contributed by atoms with Crippen molar-refractivity contribution in [2.45, 2.75) is 9.83 Å². The lowest BCUT2D eigenvalue weighted by atomic mass is 10.2. The van der Waals surface area contributed by atoms with Crippen LogP contribution >= 0.6 is 46.1 Å². The molecule has 20 heavy (non-hydrogen) atoms. The van der Waals surface area contributed by atoms with Gasteiger partial charge in [0.1, 0.15) is 23.2 Å². The van der Waals surface area contributed by atoms with Crippen LogP contribution in [-0.2, 0) is 4.74 Å². The SMILES string of the molecule is O=C(NN1C=CC=CC1c1nncs1)OCC(Cl)(Cl)Cl. The average Bonchev–Trinajstić information content (AvgIpc) is 2.90. The van der Waals surface area contributed by atoms with Gasteiger partial charge in [-0.1, -0.05) is 47.0 Å². The highest BCUT2D eigenvalue weighted by molar-refractivity contribution is 7.09. The Labute approximate surface area is 133 Å². The predicted octanol–water partition coefficient (Wildman–Crippen LogP) is 2.98. The van der Waals surface area contributed by atoms with E-state index in [4.69, 9.17) is 39.5 Å². The van der Waals surface area contributed by atoms with E-state index >= 15 is 0 Å². The first-order valence-corrected chi connectivity index (χ1v) is 7.36. The number of ether oxygens (including phenoxy) is 1. The van der Waals surface area contributed by atoms with E-state index in [0.29, 0.717) is 0 Å². The predicted molar refractivity (Wildman–Crippen MR) is 77.5 cm³/mol. The molecule has 0 saturated carbocycles. The number of nitrogens with one attached hydrogen (secondary N) is 1. The van der Waals surface area contributed by atoms with Gasteiger partial charge < -0.3 is 4.74 Å². The van der Waals surface area contributed by atoms with E-state index in [9.17, 15) is 4.79 Å². The van der Waals surface area contributed by atoms with E-state index in [0.717, 1.165) is 5.01 Å². The second-order valence-corrected chi connectivity index (χ2v) is 7.04. The van der Waals surface area contributed by atoms with E-state index in [1.807, 2.05) is 12.2 Å². The second kappa shape index (κ2) is 6.62. The molecule has 0 radical (unpaired) electrons. The van der Waals surface area contributed by atoms with Crippen molar-refractivity contribution in [2.24, 2.45) is 0 Å². The Hall–Kier alpha value is -1.02. The molecular weight excluding hydrogens is 347 g/mol. The minimum absolute atomic E-state index is 0.257. The number of alkyl halides is 3. The third kappa shape index (κ3) is 4.52. The molecule has 2 heterocycles. The number of hydrogen-bond donors (Lipinski definition) is 1. The van der Waals surface area contributed by atoms with Crippen LogP contribution < -0.4 is 5.43 Å². The van der Waals surface area contributed by atoms with Crippen molar-refractivity contribution in [1.82, 2.24) is 20.6 Å². The van der Waals surface area contributed by atoms with E-state index in [1.165, 1.54) is 16.3 Å². The number of aromatic nitrogens is 2. The number of amides is 1. The van der Waals surface area contributed by atoms with Crippen LogP contribution in [0.2, 0.25) is 0 Å². The third-order valence-electron chi connectivity index (χ3n) is 2.17. The third-order valence-corrected chi connectivity index (χ3v) is 3.26. The number of halogens is 3. The highest BCUT2D eigenvalue weighted by Crippen LogP contribution is 2.27. The zero-order valence-electron chi connectivity index (χ0n) is 9.87. The van der Waals surface area contributed by atoms with Crippen molar-refractivity contribution in [2.75, 3.05) is 6.61 Å². The van der Waals surface area contributed by atoms with Crippen molar-refractivity contribution in [3.63, 3.8) is 0 Å². The highest BCUT2D eigenvalue weighted by Gasteiger charge is 2.25. The summed E-state index contributed by atoms with van der Waals surface area (Å²) in [6, 6.07) is -0.257. The molecular formula is C10H9Cl3N4O2S. The minimum atomic E-state index is -1.65. The first kappa shape index (κ1) is 15.4. The molecule has 1 aliphatic heterocycles. The zero-order valence-corrected chi connectivity index (χ0v) is 13.0. The van der Waals surface area contributed by atoms with Crippen LogP contribution in [0.25, 0.3) is 0 Å². The minimum Gasteiger partial charge on any atom is -0.444 e. The maximum Gasteiger partial charge on any atom is 0.426 e. The lowest BCUT2D eigenvalue weighted by Gasteiger charge is -2.28. The lowest BCUT2D eigenvalue weighted by Crippen LogP contribution is -2.42. The maximum atomic E-state index is 11.6. The molecule has 1 aliphatic rings. The molecule has 0 aliphatic carbocycles. The molecule has 1 amide bonds. The van der Waals surface area contributed by atoms with Gasteiger partial charge in [-0.15, -0.1) is 21.5 Å². The number of hydrogen-bond acceptors (Lipinski definition) is 6. The number of nitrogens with zero attached hydrogens (tertiary/aromatic N) is 3. The number of hydrazine groups is 1. The normalized spacial score (nSPS) is 18.1. The number of carbonyl (C=O) groups is 1. The van der Waals surface area contributed by atoms with E-state index in [1.54, 1.807) is 17.8 Å². The second-order valence-electron chi connectivity index (χ2n) is 3.66. The van der Waals surface area contributed by atoms with Crippen molar-refractivity contribution in [1.29, 1.82) is 0 Å². The van der Waals surface area contributed by atoms with Crippen molar-refractivity contribution < 1.29 is 9.53 Å². The lowest BCUT2D eigenvalue weighted by molar-refractivity contribution is 0.115. The molecule has 1 unspecified atom stereocenters. The van der Waals surface area contributed by atoms with Crippen LogP contribution in [0.4, 0.5) is 4.79 Å². The molecule has 0 fully saturated rings. The van der Waals surface area contributed by atoms with E-state index in [2.05, 4.69) is 15.6 Å². The Bertz CT molecular complexity index is 515. The Morgan fingerprint density at radius 2 is 2.30 bits per heavy atom. The van der Waals surface area contributed by atoms with Crippen molar-refractivity contribution in [3.05, 3.63) is 34.9 Å². The van der Waals surface area contributed by atoms with Crippen LogP contribution in [0, 0.1) is 0 Å². The molecule has 6 nitrogen and oxygen atoms in total. The average molecular weight is 356 g/mol. The summed E-state index contributed by atoms with van der Waals surface area (Å²) >= 11 is 17.9. The highest BCUT2D eigenvalue weighted by atomic mass is 35.6. The molecule has 10 heteroatoms. The van der Waals surface area contributed by atoms with Crippen LogP contribution in [0.15, 0.2) is 29.9 Å². The summed E-state index contributed by atoms with van der Waals surface area (Å²) in [5.41, 5.74) is 4.14. The number of rotatable bonds is 3. The van der Waals surface area contributed by atoms with Crippen LogP contribution in [0.1, 0.15) is 11.0 Å². The molecule has 0 saturated heterocycles. The summed E-state index contributed by atoms with van der Waals surface area (Å²) < 4.78 is 3.15. The van der Waals surface area contributed by atoms with Gasteiger partial charge >= 0.3 is 6.09 Å². The monoisotopic (exact) mass is 354 g/mol. The van der Waals surface area contributed by atoms with Crippen molar-refractivity contribution in [3.8, 4) is 0 Å². The molecule has 108 valence electrons. The topological polar surface area (TPSA) is 67.4 Å². The van der Waals surface area contributed by atoms with Gasteiger partial charge in [-0.2, -0.15) is 0 Å². The van der Waals surface area contributed by atoms with Gasteiger partial charge in [0.15, 0.2) is 0 Å². The Morgan fingerprint density at radius 1 is 1.50 bits per heavy atom. The summed E-state index contributed by atoms with van der Waals surface area (Å²) in [4.78, 5) is 11.6. The Kier molecular flexibility index (Phi) is 5.09. The molecule has 1 atom stereocenters. The number of allylic oxidation sites excluding steroid dienone is 2. The van der Waals surface area contributed by atoms with Crippen LogP contribution in [-0.4, -0.2) is 31.7 Å². The Morgan fingerprint density at radius 3 is 2.95 bits per heavy atom. The standard InChI is InChI=1S/C10H9Cl3N4O2S/c11-10(12,13)5-19-9(18)16-17-4-2-1-3-7(17)8-15-14-6-20-8/h1-4,6-7H,5H2,(H,16,18). The van der Waals surface area contributed by atoms with Gasteiger partial charge in [0.25, 0.3) is 0 Å². The summed E-state index contributed by atoms with van der Waals surface area (Å²) in [6.07, 6.45) is 6.40. The molecule has 1 aromatic rings. The zero-order chi connectivity index (χ0) is 14.6. The van der Waals surface area contributed by atoms with Gasteiger partial charge in [-0.3, -0.25) is 5.01 Å². The van der Waals surface area contributed by atoms with Gasteiger partial charge in [0, 0.05) is 6.20 Å². The van der Waals surface area contributed by atoms with Crippen LogP contribution in [0.5, 0.6) is 0 Å². The van der Waals surface area contributed by atoms with Crippen molar-refractivity contribution >= 4 is 52.2 Å². The fraction of sp³-hybridized carbons (Fsp3) is 0.300. The van der Waals surface area contributed by atoms with Gasteiger partial charge in [0.05, 0.1) is 0 Å². The molecule has 2 rings (SSSR count). The van der Waals surface area contributed by atoms with E-state index in [-0.39, 0.29) is 12.6 Å². The molecule has 0 spiro atoms. The largest absolute Gasteiger partial charge is 0.444 e. The number of carbonyl (C=O) groups excluding carboxylic acids is 1. The summed E-state index contributed by atoms with van der Waals surface area (Å²) in [5, 5.41) is 9.99. The molecule has 1 N–H and O–H groups in total. The maximum absolute atomic E-state index is 11.6. The van der Waals surface area contributed by atoms with Gasteiger partial charge in [-0.05, 0) is 6.08 Å². The first-order chi connectivity index (χ1) is 9.46. The first-order valence-electron chi connectivity index (χ1n) is 5.35. The fourth-order valence-electron chi connectivity index (χ4n) is 1.40. The fourth-order valence-corrected chi connectivity index (χ4v) is 2.19. The summed E-state index contributed by atoms with van der Waals surface area (Å²) in [5.74, 6) is 0. The molecule has 1 aromatic heterocycles. The van der Waals surface area contributed by atoms with Crippen LogP contribution in [0.3, 0.4) is 0 Å². The van der Waals surface area contributed by atoms with Gasteiger partial charge in [-0.25, -0.2) is 10.2 Å². The quantitative estimate of drug-likeness (QED) is 0.844. The molecule has 0 aromatic carbocycles.